The van der Waals surface area contributed by atoms with Gasteiger partial charge in [-0.25, -0.2) is 0 Å². The van der Waals surface area contributed by atoms with E-state index in [4.69, 9.17) is 14.2 Å². The van der Waals surface area contributed by atoms with Gasteiger partial charge in [0.15, 0.2) is 11.5 Å². The third kappa shape index (κ3) is 4.96. The molecule has 3 aromatic rings. The summed E-state index contributed by atoms with van der Waals surface area (Å²) in [5.41, 5.74) is 0.313. The number of ether oxygens (including phenoxy) is 3. The molecule has 8 heteroatoms. The third-order valence-electron chi connectivity index (χ3n) is 9.36. The van der Waals surface area contributed by atoms with E-state index in [1.807, 2.05) is 42.5 Å². The van der Waals surface area contributed by atoms with E-state index >= 15 is 0 Å². The number of thioether (sulfide) groups is 1. The molecule has 0 radical (unpaired) electrons. The van der Waals surface area contributed by atoms with Crippen LogP contribution in [0, 0.1) is 23.2 Å². The second-order valence-corrected chi connectivity index (χ2v) is 13.1. The fraction of sp³-hybridized carbons (Fsp3) is 0.382. The van der Waals surface area contributed by atoms with Crippen LogP contribution in [0.5, 0.6) is 17.2 Å². The van der Waals surface area contributed by atoms with E-state index in [2.05, 4.69) is 0 Å². The molecule has 1 aliphatic heterocycles. The van der Waals surface area contributed by atoms with Gasteiger partial charge in [0.1, 0.15) is 12.4 Å². The Balaban J connectivity index is 1.01. The summed E-state index contributed by atoms with van der Waals surface area (Å²) in [7, 11) is 1.53. The number of rotatable bonds is 8. The standard InChI is InChI=1S/C34H33NO6S/c1-39-29-16-21(9-10-28(29)41-32(37)34-18-22-13-23(19-34)15-24(14-22)20-34)17-30-31(36)35(33(38)42-30)11-12-40-27-8-4-6-25-5-2-3-7-26(25)27/h2-10,16-17,22-24H,11-15,18-20H2,1H3/b30-17-. The van der Waals surface area contributed by atoms with Gasteiger partial charge in [0.2, 0.25) is 0 Å². The van der Waals surface area contributed by atoms with Crippen molar-refractivity contribution in [1.29, 1.82) is 0 Å². The SMILES string of the molecule is COc1cc(/C=C2\SC(=O)N(CCOc3cccc4ccccc34)C2=O)ccc1OC(=O)C12CC3CC(CC(C3)C1)C2. The number of carbonyl (C=O) groups is 3. The fourth-order valence-electron chi connectivity index (χ4n) is 7.84. The summed E-state index contributed by atoms with van der Waals surface area (Å²) in [4.78, 5) is 40.8. The number of carbonyl (C=O) groups excluding carboxylic acids is 3. The first-order valence-corrected chi connectivity index (χ1v) is 15.5. The lowest BCUT2D eigenvalue weighted by atomic mass is 9.49. The Labute approximate surface area is 249 Å². The lowest BCUT2D eigenvalue weighted by Crippen LogP contribution is -2.51. The van der Waals surface area contributed by atoms with Crippen LogP contribution < -0.4 is 14.2 Å². The Morgan fingerprint density at radius 3 is 2.38 bits per heavy atom. The molecule has 3 aromatic carbocycles. The Morgan fingerprint density at radius 1 is 0.929 bits per heavy atom. The maximum absolute atomic E-state index is 13.5. The van der Waals surface area contributed by atoms with Gasteiger partial charge in [-0.3, -0.25) is 19.3 Å². The highest BCUT2D eigenvalue weighted by Gasteiger charge is 2.55. The highest BCUT2D eigenvalue weighted by molar-refractivity contribution is 8.18. The molecule has 2 amide bonds. The van der Waals surface area contributed by atoms with Gasteiger partial charge in [0.05, 0.1) is 24.0 Å². The average molecular weight is 584 g/mol. The van der Waals surface area contributed by atoms with Crippen LogP contribution in [-0.4, -0.2) is 42.3 Å². The van der Waals surface area contributed by atoms with Gasteiger partial charge in [-0.2, -0.15) is 0 Å². The molecule has 0 aromatic heterocycles. The summed E-state index contributed by atoms with van der Waals surface area (Å²) in [6, 6.07) is 19.0. The van der Waals surface area contributed by atoms with Crippen LogP contribution >= 0.6 is 11.8 Å². The maximum Gasteiger partial charge on any atom is 0.317 e. The van der Waals surface area contributed by atoms with Crippen LogP contribution in [-0.2, 0) is 9.59 Å². The number of fused-ring (bicyclic) bond motifs is 1. The Kier molecular flexibility index (Phi) is 6.97. The minimum absolute atomic E-state index is 0.139. The van der Waals surface area contributed by atoms with Crippen molar-refractivity contribution in [3.8, 4) is 17.2 Å². The smallest absolute Gasteiger partial charge is 0.317 e. The average Bonchev–Trinajstić information content (AvgIpc) is 3.24. The van der Waals surface area contributed by atoms with Crippen LogP contribution in [0.25, 0.3) is 16.8 Å². The van der Waals surface area contributed by atoms with E-state index in [0.717, 1.165) is 41.8 Å². The molecule has 0 spiro atoms. The maximum atomic E-state index is 13.5. The quantitative estimate of drug-likeness (QED) is 0.159. The van der Waals surface area contributed by atoms with Crippen molar-refractivity contribution in [3.05, 3.63) is 71.1 Å². The predicted molar refractivity (Wildman–Crippen MR) is 161 cm³/mol. The third-order valence-corrected chi connectivity index (χ3v) is 10.3. The van der Waals surface area contributed by atoms with Crippen molar-refractivity contribution in [1.82, 2.24) is 4.90 Å². The normalized spacial score (nSPS) is 27.2. The zero-order valence-electron chi connectivity index (χ0n) is 23.5. The van der Waals surface area contributed by atoms with Crippen molar-refractivity contribution in [2.45, 2.75) is 38.5 Å². The molecule has 4 bridgehead atoms. The number of amides is 2. The molecule has 42 heavy (non-hydrogen) atoms. The number of imide groups is 1. The van der Waals surface area contributed by atoms with E-state index in [0.29, 0.717) is 45.5 Å². The Hall–Kier alpha value is -3.78. The van der Waals surface area contributed by atoms with Gasteiger partial charge in [-0.05, 0) is 103 Å². The molecule has 0 unspecified atom stereocenters. The molecule has 5 fully saturated rings. The molecule has 1 saturated heterocycles. The molecule has 8 rings (SSSR count). The van der Waals surface area contributed by atoms with E-state index in [9.17, 15) is 14.4 Å². The molecule has 0 N–H and O–H groups in total. The highest BCUT2D eigenvalue weighted by Crippen LogP contribution is 2.60. The van der Waals surface area contributed by atoms with Crippen LogP contribution in [0.15, 0.2) is 65.6 Å². The van der Waals surface area contributed by atoms with Gasteiger partial charge in [-0.1, -0.05) is 42.5 Å². The number of hydrogen-bond acceptors (Lipinski definition) is 7. The van der Waals surface area contributed by atoms with Crippen molar-refractivity contribution in [2.24, 2.45) is 23.2 Å². The van der Waals surface area contributed by atoms with Gasteiger partial charge in [-0.15, -0.1) is 0 Å². The van der Waals surface area contributed by atoms with Crippen LogP contribution in [0.4, 0.5) is 4.79 Å². The van der Waals surface area contributed by atoms with E-state index < -0.39 is 0 Å². The van der Waals surface area contributed by atoms with Crippen molar-refractivity contribution in [2.75, 3.05) is 20.3 Å². The minimum atomic E-state index is -0.367. The molecule has 4 aliphatic carbocycles. The lowest BCUT2D eigenvalue weighted by molar-refractivity contribution is -0.161. The monoisotopic (exact) mass is 583 g/mol. The number of nitrogens with zero attached hydrogens (tertiary/aromatic N) is 1. The van der Waals surface area contributed by atoms with Crippen molar-refractivity contribution < 1.29 is 28.6 Å². The summed E-state index contributed by atoms with van der Waals surface area (Å²) in [6.07, 6.45) is 8.24. The van der Waals surface area contributed by atoms with Gasteiger partial charge < -0.3 is 14.2 Å². The van der Waals surface area contributed by atoms with E-state index in [-0.39, 0.29) is 35.7 Å². The number of benzene rings is 3. The first-order chi connectivity index (χ1) is 20.4. The zero-order valence-corrected chi connectivity index (χ0v) is 24.4. The molecule has 1 heterocycles. The molecule has 216 valence electrons. The van der Waals surface area contributed by atoms with Gasteiger partial charge in [0, 0.05) is 5.39 Å². The summed E-state index contributed by atoms with van der Waals surface area (Å²) >= 11 is 0.903. The summed E-state index contributed by atoms with van der Waals surface area (Å²) < 4.78 is 17.5. The summed E-state index contributed by atoms with van der Waals surface area (Å²) in [6.45, 7) is 0.338. The van der Waals surface area contributed by atoms with Crippen LogP contribution in [0.3, 0.4) is 0 Å². The summed E-state index contributed by atoms with van der Waals surface area (Å²) in [5.74, 6) is 2.96. The topological polar surface area (TPSA) is 82.1 Å². The number of methoxy groups -OCH3 is 1. The Bertz CT molecular complexity index is 1570. The highest BCUT2D eigenvalue weighted by atomic mass is 32.2. The van der Waals surface area contributed by atoms with Crippen molar-refractivity contribution >= 4 is 45.7 Å². The molecular weight excluding hydrogens is 550 g/mol. The second-order valence-electron chi connectivity index (χ2n) is 12.2. The van der Waals surface area contributed by atoms with E-state index in [1.54, 1.807) is 24.3 Å². The molecular formula is C34H33NO6S. The largest absolute Gasteiger partial charge is 0.493 e. The minimum Gasteiger partial charge on any atom is -0.493 e. The molecule has 0 atom stereocenters. The summed E-state index contributed by atoms with van der Waals surface area (Å²) in [5, 5.41) is 1.71. The zero-order chi connectivity index (χ0) is 28.8. The molecule has 4 saturated carbocycles. The Morgan fingerprint density at radius 2 is 1.64 bits per heavy atom. The molecule has 7 nitrogen and oxygen atoms in total. The second kappa shape index (κ2) is 10.8. The number of esters is 1. The predicted octanol–water partition coefficient (Wildman–Crippen LogP) is 7.09. The van der Waals surface area contributed by atoms with Crippen LogP contribution in [0.1, 0.15) is 44.1 Å². The lowest BCUT2D eigenvalue weighted by Gasteiger charge is -2.55. The van der Waals surface area contributed by atoms with Crippen molar-refractivity contribution in [3.63, 3.8) is 0 Å². The van der Waals surface area contributed by atoms with Gasteiger partial charge >= 0.3 is 5.97 Å². The fourth-order valence-corrected chi connectivity index (χ4v) is 8.70. The van der Waals surface area contributed by atoms with Crippen LogP contribution in [0.2, 0.25) is 0 Å². The number of hydrogen-bond donors (Lipinski definition) is 0. The van der Waals surface area contributed by atoms with Gasteiger partial charge in [0.25, 0.3) is 11.1 Å². The first-order valence-electron chi connectivity index (χ1n) is 14.7. The van der Waals surface area contributed by atoms with E-state index in [1.165, 1.54) is 31.3 Å². The first kappa shape index (κ1) is 27.1. The molecule has 5 aliphatic rings.